The summed E-state index contributed by atoms with van der Waals surface area (Å²) in [6.45, 7) is 2.21. The molecular formula is C19H17F3N4. The fourth-order valence-corrected chi connectivity index (χ4v) is 2.64. The minimum Gasteiger partial charge on any atom is -0.338 e. The van der Waals surface area contributed by atoms with Crippen molar-refractivity contribution >= 4 is 5.95 Å². The lowest BCUT2D eigenvalue weighted by atomic mass is 10.1. The van der Waals surface area contributed by atoms with Crippen LogP contribution in [0.4, 0.5) is 19.1 Å². The minimum absolute atomic E-state index is 0.239. The Morgan fingerprint density at radius 1 is 1.04 bits per heavy atom. The minimum atomic E-state index is -4.36. The van der Waals surface area contributed by atoms with E-state index in [9.17, 15) is 13.2 Å². The number of aryl methyl sites for hydroxylation is 1. The zero-order valence-corrected chi connectivity index (χ0v) is 14.3. The van der Waals surface area contributed by atoms with Crippen molar-refractivity contribution in [3.63, 3.8) is 0 Å². The topological polar surface area (TPSA) is 41.9 Å². The lowest BCUT2D eigenvalue weighted by molar-refractivity contribution is -0.137. The SMILES string of the molecule is Cc1ccccc1-c1cnnc(N(C)Cc2cccc(C(F)(F)F)c2)n1. The molecule has 2 aromatic carbocycles. The molecule has 1 heterocycles. The van der Waals surface area contributed by atoms with E-state index in [4.69, 9.17) is 0 Å². The van der Waals surface area contributed by atoms with Crippen molar-refractivity contribution in [3.8, 4) is 11.3 Å². The monoisotopic (exact) mass is 358 g/mol. The second kappa shape index (κ2) is 7.11. The first-order chi connectivity index (χ1) is 12.3. The van der Waals surface area contributed by atoms with Gasteiger partial charge < -0.3 is 4.90 Å². The molecule has 0 aliphatic heterocycles. The Labute approximate surface area is 149 Å². The second-order valence-electron chi connectivity index (χ2n) is 6.01. The maximum atomic E-state index is 12.9. The van der Waals surface area contributed by atoms with Crippen LogP contribution in [0.15, 0.2) is 54.7 Å². The molecule has 0 N–H and O–H groups in total. The van der Waals surface area contributed by atoms with Gasteiger partial charge in [-0.3, -0.25) is 0 Å². The Bertz CT molecular complexity index is 909. The molecule has 0 fully saturated rings. The predicted octanol–water partition coefficient (Wildman–Crippen LogP) is 4.50. The number of aromatic nitrogens is 3. The van der Waals surface area contributed by atoms with E-state index in [-0.39, 0.29) is 6.54 Å². The van der Waals surface area contributed by atoms with Crippen LogP contribution < -0.4 is 4.90 Å². The van der Waals surface area contributed by atoms with Crippen LogP contribution in [0.5, 0.6) is 0 Å². The van der Waals surface area contributed by atoms with Crippen molar-refractivity contribution < 1.29 is 13.2 Å². The molecule has 0 aliphatic carbocycles. The molecule has 3 rings (SSSR count). The molecule has 0 spiro atoms. The summed E-state index contributed by atoms with van der Waals surface area (Å²) in [7, 11) is 1.72. The molecule has 7 heteroatoms. The van der Waals surface area contributed by atoms with Crippen LogP contribution in [-0.4, -0.2) is 22.2 Å². The van der Waals surface area contributed by atoms with Gasteiger partial charge in [-0.2, -0.15) is 18.3 Å². The van der Waals surface area contributed by atoms with E-state index in [1.807, 2.05) is 31.2 Å². The molecular weight excluding hydrogens is 341 g/mol. The molecule has 0 unspecified atom stereocenters. The Hall–Kier alpha value is -2.96. The third kappa shape index (κ3) is 3.99. The maximum Gasteiger partial charge on any atom is 0.416 e. The van der Waals surface area contributed by atoms with E-state index in [1.54, 1.807) is 24.2 Å². The third-order valence-electron chi connectivity index (χ3n) is 3.98. The maximum absolute atomic E-state index is 12.9. The largest absolute Gasteiger partial charge is 0.416 e. The van der Waals surface area contributed by atoms with Gasteiger partial charge in [-0.1, -0.05) is 36.4 Å². The van der Waals surface area contributed by atoms with Gasteiger partial charge in [0.15, 0.2) is 0 Å². The Morgan fingerprint density at radius 3 is 2.54 bits per heavy atom. The van der Waals surface area contributed by atoms with Crippen LogP contribution in [0, 0.1) is 6.92 Å². The van der Waals surface area contributed by atoms with Crippen molar-refractivity contribution in [2.24, 2.45) is 0 Å². The Kier molecular flexibility index (Phi) is 4.88. The summed E-state index contributed by atoms with van der Waals surface area (Å²) in [5, 5.41) is 7.99. The van der Waals surface area contributed by atoms with E-state index in [0.717, 1.165) is 23.3 Å². The van der Waals surface area contributed by atoms with Crippen molar-refractivity contribution in [1.82, 2.24) is 15.2 Å². The van der Waals surface area contributed by atoms with Crippen LogP contribution in [0.1, 0.15) is 16.7 Å². The van der Waals surface area contributed by atoms with Crippen LogP contribution in [0.2, 0.25) is 0 Å². The normalized spacial score (nSPS) is 11.4. The van der Waals surface area contributed by atoms with E-state index < -0.39 is 11.7 Å². The molecule has 0 aliphatic rings. The molecule has 134 valence electrons. The van der Waals surface area contributed by atoms with E-state index in [2.05, 4.69) is 15.2 Å². The number of hydrogen-bond donors (Lipinski definition) is 0. The lowest BCUT2D eigenvalue weighted by Gasteiger charge is -2.18. The summed E-state index contributed by atoms with van der Waals surface area (Å²) in [6, 6.07) is 13.0. The summed E-state index contributed by atoms with van der Waals surface area (Å²) in [4.78, 5) is 6.17. The number of hydrogen-bond acceptors (Lipinski definition) is 4. The van der Waals surface area contributed by atoms with Crippen LogP contribution >= 0.6 is 0 Å². The van der Waals surface area contributed by atoms with Crippen LogP contribution in [-0.2, 0) is 12.7 Å². The third-order valence-corrected chi connectivity index (χ3v) is 3.98. The van der Waals surface area contributed by atoms with Crippen molar-refractivity contribution in [1.29, 1.82) is 0 Å². The highest BCUT2D eigenvalue weighted by Gasteiger charge is 2.30. The van der Waals surface area contributed by atoms with Gasteiger partial charge in [0.05, 0.1) is 17.5 Å². The molecule has 0 atom stereocenters. The molecule has 0 saturated heterocycles. The smallest absolute Gasteiger partial charge is 0.338 e. The fourth-order valence-electron chi connectivity index (χ4n) is 2.64. The number of anilines is 1. The van der Waals surface area contributed by atoms with Gasteiger partial charge in [0, 0.05) is 19.2 Å². The molecule has 3 aromatic rings. The molecule has 0 bridgehead atoms. The van der Waals surface area contributed by atoms with Crippen LogP contribution in [0.3, 0.4) is 0 Å². The van der Waals surface area contributed by atoms with E-state index >= 15 is 0 Å². The van der Waals surface area contributed by atoms with E-state index in [0.29, 0.717) is 17.2 Å². The van der Waals surface area contributed by atoms with Gasteiger partial charge in [-0.05, 0) is 30.2 Å². The summed E-state index contributed by atoms with van der Waals surface area (Å²) >= 11 is 0. The number of rotatable bonds is 4. The van der Waals surface area contributed by atoms with E-state index in [1.165, 1.54) is 6.07 Å². The summed E-state index contributed by atoms with van der Waals surface area (Å²) < 4.78 is 38.6. The van der Waals surface area contributed by atoms with Gasteiger partial charge in [0.2, 0.25) is 5.95 Å². The van der Waals surface area contributed by atoms with Crippen molar-refractivity contribution in [2.75, 3.05) is 11.9 Å². The number of nitrogens with zero attached hydrogens (tertiary/aromatic N) is 4. The first-order valence-corrected chi connectivity index (χ1v) is 7.97. The molecule has 1 aromatic heterocycles. The summed E-state index contributed by atoms with van der Waals surface area (Å²) in [5.41, 5.74) is 2.52. The van der Waals surface area contributed by atoms with Crippen LogP contribution in [0.25, 0.3) is 11.3 Å². The summed E-state index contributed by atoms with van der Waals surface area (Å²) in [6.07, 6.45) is -2.79. The predicted molar refractivity (Wildman–Crippen MR) is 93.6 cm³/mol. The fraction of sp³-hybridized carbons (Fsp3) is 0.211. The lowest BCUT2D eigenvalue weighted by Crippen LogP contribution is -2.20. The molecule has 0 radical (unpaired) electrons. The average molecular weight is 358 g/mol. The van der Waals surface area contributed by atoms with Crippen molar-refractivity contribution in [3.05, 3.63) is 71.4 Å². The Balaban J connectivity index is 1.84. The van der Waals surface area contributed by atoms with Gasteiger partial charge >= 0.3 is 6.18 Å². The first-order valence-electron chi connectivity index (χ1n) is 7.97. The van der Waals surface area contributed by atoms with Gasteiger partial charge in [0.25, 0.3) is 0 Å². The molecule has 26 heavy (non-hydrogen) atoms. The highest BCUT2D eigenvalue weighted by Crippen LogP contribution is 2.30. The zero-order chi connectivity index (χ0) is 18.7. The number of halogens is 3. The van der Waals surface area contributed by atoms with Gasteiger partial charge in [0.1, 0.15) is 0 Å². The quantitative estimate of drug-likeness (QED) is 0.689. The highest BCUT2D eigenvalue weighted by atomic mass is 19.4. The first kappa shape index (κ1) is 17.8. The number of benzene rings is 2. The number of alkyl halides is 3. The highest BCUT2D eigenvalue weighted by molar-refractivity contribution is 5.63. The molecule has 4 nitrogen and oxygen atoms in total. The molecule has 0 saturated carbocycles. The van der Waals surface area contributed by atoms with Crippen molar-refractivity contribution in [2.45, 2.75) is 19.6 Å². The molecule has 0 amide bonds. The van der Waals surface area contributed by atoms with Gasteiger partial charge in [-0.15, -0.1) is 5.10 Å². The summed E-state index contributed by atoms with van der Waals surface area (Å²) in [5.74, 6) is 0.350. The Morgan fingerprint density at radius 2 is 1.81 bits per heavy atom. The van der Waals surface area contributed by atoms with Gasteiger partial charge in [-0.25, -0.2) is 4.98 Å². The standard InChI is InChI=1S/C19H17F3N4/c1-13-6-3-4-9-16(13)17-11-23-25-18(24-17)26(2)12-14-7-5-8-15(10-14)19(20,21)22/h3-11H,12H2,1-2H3. The second-order valence-corrected chi connectivity index (χ2v) is 6.01. The zero-order valence-electron chi connectivity index (χ0n) is 14.3. The average Bonchev–Trinajstić information content (AvgIpc) is 2.62.